The molecule has 4 nitrogen and oxygen atoms in total. The Balaban J connectivity index is 2.06. The average molecular weight is 283 g/mol. The Morgan fingerprint density at radius 1 is 1.47 bits per heavy atom. The minimum atomic E-state index is -0.542. The van der Waals surface area contributed by atoms with Gasteiger partial charge in [-0.3, -0.25) is 4.79 Å². The molecular formula is C14H19ClN2O2. The first-order chi connectivity index (χ1) is 8.97. The van der Waals surface area contributed by atoms with E-state index in [0.29, 0.717) is 16.8 Å². The maximum Gasteiger partial charge on any atom is 0.260 e. The molecule has 1 aliphatic rings. The van der Waals surface area contributed by atoms with E-state index >= 15 is 0 Å². The smallest absolute Gasteiger partial charge is 0.260 e. The van der Waals surface area contributed by atoms with Gasteiger partial charge in [0, 0.05) is 22.7 Å². The summed E-state index contributed by atoms with van der Waals surface area (Å²) in [7, 11) is 0. The zero-order chi connectivity index (χ0) is 14.0. The number of nitrogens with one attached hydrogen (secondary N) is 1. The molecular weight excluding hydrogens is 264 g/mol. The molecule has 104 valence electrons. The molecule has 0 aromatic heterocycles. The van der Waals surface area contributed by atoms with Crippen molar-refractivity contribution >= 4 is 17.5 Å². The van der Waals surface area contributed by atoms with Gasteiger partial charge in [-0.05, 0) is 44.9 Å². The van der Waals surface area contributed by atoms with E-state index in [9.17, 15) is 4.79 Å². The van der Waals surface area contributed by atoms with Gasteiger partial charge in [0.05, 0.1) is 0 Å². The molecule has 5 heteroatoms. The number of carbonyl (C=O) groups is 1. The minimum absolute atomic E-state index is 0.0897. The molecule has 0 spiro atoms. The Bertz CT molecular complexity index is 473. The van der Waals surface area contributed by atoms with Crippen LogP contribution in [0.2, 0.25) is 5.02 Å². The van der Waals surface area contributed by atoms with E-state index in [4.69, 9.17) is 22.1 Å². The first-order valence-corrected chi connectivity index (χ1v) is 6.87. The van der Waals surface area contributed by atoms with Crippen molar-refractivity contribution in [2.24, 2.45) is 5.73 Å². The molecule has 1 saturated carbocycles. The predicted molar refractivity (Wildman–Crippen MR) is 75.3 cm³/mol. The van der Waals surface area contributed by atoms with Crippen molar-refractivity contribution in [3.63, 3.8) is 0 Å². The largest absolute Gasteiger partial charge is 0.481 e. The van der Waals surface area contributed by atoms with Gasteiger partial charge in [-0.15, -0.1) is 0 Å². The predicted octanol–water partition coefficient (Wildman–Crippen LogP) is 2.41. The summed E-state index contributed by atoms with van der Waals surface area (Å²) in [5, 5.41) is 3.52. The number of rotatable bonds is 5. The van der Waals surface area contributed by atoms with Gasteiger partial charge in [-0.2, -0.15) is 0 Å². The van der Waals surface area contributed by atoms with E-state index < -0.39 is 6.10 Å². The quantitative estimate of drug-likeness (QED) is 0.872. The van der Waals surface area contributed by atoms with E-state index in [0.717, 1.165) is 18.4 Å². The number of benzene rings is 1. The lowest BCUT2D eigenvalue weighted by Gasteiger charge is -2.19. The first-order valence-electron chi connectivity index (χ1n) is 6.49. The fourth-order valence-corrected chi connectivity index (χ4v) is 1.95. The summed E-state index contributed by atoms with van der Waals surface area (Å²) in [5.74, 6) is 0.519. The second-order valence-corrected chi connectivity index (χ2v) is 5.45. The number of halogens is 1. The molecule has 2 rings (SSSR count). The fourth-order valence-electron chi connectivity index (χ4n) is 1.77. The average Bonchev–Trinajstić information content (AvgIpc) is 3.14. The molecule has 1 aliphatic carbocycles. The van der Waals surface area contributed by atoms with Crippen molar-refractivity contribution in [2.45, 2.75) is 44.9 Å². The topological polar surface area (TPSA) is 64.3 Å². The molecule has 1 amide bonds. The molecule has 19 heavy (non-hydrogen) atoms. The third-order valence-electron chi connectivity index (χ3n) is 3.06. The van der Waals surface area contributed by atoms with E-state index in [1.807, 2.05) is 6.92 Å². The monoisotopic (exact) mass is 282 g/mol. The van der Waals surface area contributed by atoms with E-state index in [-0.39, 0.29) is 11.9 Å². The molecule has 0 bridgehead atoms. The normalized spacial score (nSPS) is 17.7. The Labute approximate surface area is 118 Å². The van der Waals surface area contributed by atoms with Crippen molar-refractivity contribution in [2.75, 3.05) is 0 Å². The van der Waals surface area contributed by atoms with Gasteiger partial charge >= 0.3 is 0 Å². The van der Waals surface area contributed by atoms with Crippen LogP contribution in [0.3, 0.4) is 0 Å². The van der Waals surface area contributed by atoms with Crippen LogP contribution in [-0.2, 0) is 4.79 Å². The molecule has 1 fully saturated rings. The molecule has 3 N–H and O–H groups in total. The van der Waals surface area contributed by atoms with Gasteiger partial charge in [-0.1, -0.05) is 11.6 Å². The standard InChI is InChI=1S/C14H19ClN2O2/c1-8(16)12-7-10(15)3-6-13(12)19-9(2)14(18)17-11-4-5-11/h3,6-9,11H,4-5,16H2,1-2H3,(H,17,18)/t8-,9?/m1/s1. The number of hydrogen-bond acceptors (Lipinski definition) is 3. The van der Waals surface area contributed by atoms with Crippen LogP contribution in [-0.4, -0.2) is 18.1 Å². The maximum atomic E-state index is 11.9. The molecule has 1 aromatic rings. The SMILES string of the molecule is CC(Oc1ccc(Cl)cc1[C@@H](C)N)C(=O)NC1CC1. The van der Waals surface area contributed by atoms with Crippen molar-refractivity contribution in [3.8, 4) is 5.75 Å². The number of amides is 1. The van der Waals surface area contributed by atoms with Crippen molar-refractivity contribution < 1.29 is 9.53 Å². The summed E-state index contributed by atoms with van der Waals surface area (Å²) in [6, 6.07) is 5.38. The third-order valence-corrected chi connectivity index (χ3v) is 3.29. The summed E-state index contributed by atoms with van der Waals surface area (Å²) >= 11 is 5.95. The first kappa shape index (κ1) is 14.2. The fraction of sp³-hybridized carbons (Fsp3) is 0.500. The van der Waals surface area contributed by atoms with Gasteiger partial charge in [0.2, 0.25) is 0 Å². The second kappa shape index (κ2) is 5.80. The lowest BCUT2D eigenvalue weighted by Crippen LogP contribution is -2.37. The Morgan fingerprint density at radius 2 is 2.16 bits per heavy atom. The molecule has 0 heterocycles. The minimum Gasteiger partial charge on any atom is -0.481 e. The molecule has 1 aromatic carbocycles. The lowest BCUT2D eigenvalue weighted by atomic mass is 10.1. The van der Waals surface area contributed by atoms with Crippen molar-refractivity contribution in [1.29, 1.82) is 0 Å². The summed E-state index contributed by atoms with van der Waals surface area (Å²) < 4.78 is 5.70. The number of carbonyl (C=O) groups excluding carboxylic acids is 1. The maximum absolute atomic E-state index is 11.9. The van der Waals surface area contributed by atoms with Crippen LogP contribution in [0, 0.1) is 0 Å². The highest BCUT2D eigenvalue weighted by Crippen LogP contribution is 2.28. The van der Waals surface area contributed by atoms with Crippen molar-refractivity contribution in [3.05, 3.63) is 28.8 Å². The highest BCUT2D eigenvalue weighted by atomic mass is 35.5. The highest BCUT2D eigenvalue weighted by Gasteiger charge is 2.26. The summed E-state index contributed by atoms with van der Waals surface area (Å²) in [5.41, 5.74) is 6.69. The van der Waals surface area contributed by atoms with Crippen LogP contribution in [0.1, 0.15) is 38.3 Å². The number of nitrogens with two attached hydrogens (primary N) is 1. The van der Waals surface area contributed by atoms with Crippen LogP contribution in [0.15, 0.2) is 18.2 Å². The van der Waals surface area contributed by atoms with Gasteiger partial charge < -0.3 is 15.8 Å². The third kappa shape index (κ3) is 3.85. The van der Waals surface area contributed by atoms with Gasteiger partial charge in [0.1, 0.15) is 5.75 Å². The molecule has 0 saturated heterocycles. The van der Waals surface area contributed by atoms with Gasteiger partial charge in [0.15, 0.2) is 6.10 Å². The zero-order valence-corrected chi connectivity index (χ0v) is 11.9. The van der Waals surface area contributed by atoms with Crippen LogP contribution >= 0.6 is 11.6 Å². The second-order valence-electron chi connectivity index (χ2n) is 5.01. The zero-order valence-electron chi connectivity index (χ0n) is 11.2. The number of hydrogen-bond donors (Lipinski definition) is 2. The molecule has 1 unspecified atom stereocenters. The summed E-state index contributed by atoms with van der Waals surface area (Å²) in [6.45, 7) is 3.59. The van der Waals surface area contributed by atoms with E-state index in [1.54, 1.807) is 25.1 Å². The van der Waals surface area contributed by atoms with Gasteiger partial charge in [0.25, 0.3) is 5.91 Å². The van der Waals surface area contributed by atoms with Crippen molar-refractivity contribution in [1.82, 2.24) is 5.32 Å². The summed E-state index contributed by atoms with van der Waals surface area (Å²) in [6.07, 6.45) is 1.58. The van der Waals surface area contributed by atoms with Crippen LogP contribution in [0.4, 0.5) is 0 Å². The van der Waals surface area contributed by atoms with Crippen LogP contribution < -0.4 is 15.8 Å². The highest BCUT2D eigenvalue weighted by molar-refractivity contribution is 6.30. The summed E-state index contributed by atoms with van der Waals surface area (Å²) in [4.78, 5) is 11.9. The Hall–Kier alpha value is -1.26. The lowest BCUT2D eigenvalue weighted by molar-refractivity contribution is -0.127. The van der Waals surface area contributed by atoms with Gasteiger partial charge in [-0.25, -0.2) is 0 Å². The van der Waals surface area contributed by atoms with Crippen LogP contribution in [0.25, 0.3) is 0 Å². The van der Waals surface area contributed by atoms with E-state index in [2.05, 4.69) is 5.32 Å². The molecule has 0 aliphatic heterocycles. The number of ether oxygens (including phenoxy) is 1. The van der Waals surface area contributed by atoms with Crippen LogP contribution in [0.5, 0.6) is 5.75 Å². The molecule has 2 atom stereocenters. The molecule has 0 radical (unpaired) electrons. The Morgan fingerprint density at radius 3 is 2.74 bits per heavy atom. The van der Waals surface area contributed by atoms with E-state index in [1.165, 1.54) is 0 Å². The Kier molecular flexibility index (Phi) is 4.32.